The van der Waals surface area contributed by atoms with E-state index in [1.807, 2.05) is 0 Å². The van der Waals surface area contributed by atoms with E-state index in [-0.39, 0.29) is 22.3 Å². The van der Waals surface area contributed by atoms with Gasteiger partial charge in [0.25, 0.3) is 0 Å². The molecule has 18 heavy (non-hydrogen) atoms. The van der Waals surface area contributed by atoms with Gasteiger partial charge in [0.1, 0.15) is 0 Å². The van der Waals surface area contributed by atoms with E-state index in [0.717, 1.165) is 0 Å². The average molecular weight is 267 g/mol. The highest BCUT2D eigenvalue weighted by Gasteiger charge is 2.15. The smallest absolute Gasteiger partial charge is 0.166 e. The van der Waals surface area contributed by atoms with Crippen molar-refractivity contribution in [3.63, 3.8) is 0 Å². The van der Waals surface area contributed by atoms with Crippen LogP contribution in [0.25, 0.3) is 11.1 Å². The van der Waals surface area contributed by atoms with Gasteiger partial charge in [-0.1, -0.05) is 23.7 Å². The van der Waals surface area contributed by atoms with E-state index < -0.39 is 11.6 Å². The normalized spacial score (nSPS) is 10.4. The largest absolute Gasteiger partial charge is 0.298 e. The van der Waals surface area contributed by atoms with Crippen molar-refractivity contribution < 1.29 is 13.6 Å². The van der Waals surface area contributed by atoms with Crippen molar-refractivity contribution in [3.05, 3.63) is 58.1 Å². The Balaban J connectivity index is 2.72. The molecule has 0 atom stereocenters. The third-order valence-electron chi connectivity index (χ3n) is 2.71. The van der Waals surface area contributed by atoms with Crippen LogP contribution in [0.5, 0.6) is 0 Å². The maximum Gasteiger partial charge on any atom is 0.166 e. The SMILES string of the molecule is Cc1ccc(-c2cc(Cl)ccc2C=O)c(F)c1F. The number of aryl methyl sites for hydroxylation is 1. The second-order valence-corrected chi connectivity index (χ2v) is 4.34. The lowest BCUT2D eigenvalue weighted by Crippen LogP contribution is -1.96. The maximum absolute atomic E-state index is 13.9. The first-order valence-electron chi connectivity index (χ1n) is 5.24. The third-order valence-corrected chi connectivity index (χ3v) is 2.94. The maximum atomic E-state index is 13.9. The summed E-state index contributed by atoms with van der Waals surface area (Å²) in [6, 6.07) is 7.34. The molecule has 0 radical (unpaired) electrons. The zero-order valence-corrected chi connectivity index (χ0v) is 10.3. The Morgan fingerprint density at radius 2 is 1.78 bits per heavy atom. The van der Waals surface area contributed by atoms with Crippen LogP contribution in [0, 0.1) is 18.6 Å². The molecule has 0 fully saturated rings. The number of halogens is 3. The number of carbonyl (C=O) groups is 1. The Morgan fingerprint density at radius 1 is 1.06 bits per heavy atom. The van der Waals surface area contributed by atoms with E-state index in [1.54, 1.807) is 0 Å². The second-order valence-electron chi connectivity index (χ2n) is 3.91. The average Bonchev–Trinajstić information content (AvgIpc) is 2.36. The van der Waals surface area contributed by atoms with Crippen LogP contribution in [0.1, 0.15) is 15.9 Å². The number of benzene rings is 2. The molecule has 0 saturated carbocycles. The fourth-order valence-corrected chi connectivity index (χ4v) is 1.89. The van der Waals surface area contributed by atoms with E-state index in [9.17, 15) is 13.6 Å². The highest BCUT2D eigenvalue weighted by molar-refractivity contribution is 6.31. The Hall–Kier alpha value is -1.74. The van der Waals surface area contributed by atoms with Gasteiger partial charge in [-0.3, -0.25) is 4.79 Å². The molecule has 0 bridgehead atoms. The van der Waals surface area contributed by atoms with Crippen LogP contribution < -0.4 is 0 Å². The van der Waals surface area contributed by atoms with Gasteiger partial charge in [-0.15, -0.1) is 0 Å². The van der Waals surface area contributed by atoms with Crippen LogP contribution in [0.3, 0.4) is 0 Å². The van der Waals surface area contributed by atoms with Gasteiger partial charge in [-0.25, -0.2) is 8.78 Å². The molecule has 0 aromatic heterocycles. The van der Waals surface area contributed by atoms with Crippen molar-refractivity contribution in [2.45, 2.75) is 6.92 Å². The van der Waals surface area contributed by atoms with Gasteiger partial charge in [-0.2, -0.15) is 0 Å². The molecule has 4 heteroatoms. The van der Waals surface area contributed by atoms with Crippen molar-refractivity contribution in [3.8, 4) is 11.1 Å². The predicted molar refractivity (Wildman–Crippen MR) is 66.9 cm³/mol. The van der Waals surface area contributed by atoms with Gasteiger partial charge in [0.05, 0.1) is 0 Å². The molecule has 92 valence electrons. The van der Waals surface area contributed by atoms with Gasteiger partial charge >= 0.3 is 0 Å². The minimum absolute atomic E-state index is 0.0303. The van der Waals surface area contributed by atoms with Crippen LogP contribution in [0.4, 0.5) is 8.78 Å². The van der Waals surface area contributed by atoms with E-state index in [0.29, 0.717) is 11.3 Å². The number of hydrogen-bond donors (Lipinski definition) is 0. The van der Waals surface area contributed by atoms with Crippen LogP contribution in [-0.4, -0.2) is 6.29 Å². The molecule has 2 rings (SSSR count). The Kier molecular flexibility index (Phi) is 3.43. The number of aldehydes is 1. The zero-order valence-electron chi connectivity index (χ0n) is 9.51. The van der Waals surface area contributed by atoms with Crippen molar-refractivity contribution in [2.75, 3.05) is 0 Å². The molecule has 0 N–H and O–H groups in total. The molecule has 0 unspecified atom stereocenters. The Labute approximate surface area is 108 Å². The lowest BCUT2D eigenvalue weighted by molar-refractivity contribution is 0.112. The number of rotatable bonds is 2. The van der Waals surface area contributed by atoms with E-state index in [1.165, 1.54) is 37.3 Å². The summed E-state index contributed by atoms with van der Waals surface area (Å²) in [6.45, 7) is 1.47. The predicted octanol–water partition coefficient (Wildman–Crippen LogP) is 4.41. The second kappa shape index (κ2) is 4.86. The van der Waals surface area contributed by atoms with Crippen molar-refractivity contribution >= 4 is 17.9 Å². The molecule has 0 aliphatic heterocycles. The Bertz CT molecular complexity index is 623. The van der Waals surface area contributed by atoms with Crippen LogP contribution in [0.2, 0.25) is 5.02 Å². The highest BCUT2D eigenvalue weighted by Crippen LogP contribution is 2.30. The molecule has 0 aliphatic carbocycles. The standard InChI is InChI=1S/C14H9ClF2O/c1-8-2-5-11(14(17)13(8)16)12-6-10(15)4-3-9(12)7-18/h2-7H,1H3. The minimum atomic E-state index is -0.972. The third kappa shape index (κ3) is 2.14. The fourth-order valence-electron chi connectivity index (χ4n) is 1.72. The summed E-state index contributed by atoms with van der Waals surface area (Å²) in [5.74, 6) is -1.88. The fraction of sp³-hybridized carbons (Fsp3) is 0.0714. The molecule has 2 aromatic rings. The number of carbonyl (C=O) groups excluding carboxylic acids is 1. The summed E-state index contributed by atoms with van der Waals surface area (Å²) < 4.78 is 27.4. The Morgan fingerprint density at radius 3 is 2.44 bits per heavy atom. The molecule has 1 nitrogen and oxygen atoms in total. The molecule has 0 saturated heterocycles. The van der Waals surface area contributed by atoms with E-state index in [4.69, 9.17) is 11.6 Å². The van der Waals surface area contributed by atoms with Gasteiger partial charge < -0.3 is 0 Å². The summed E-state index contributed by atoms with van der Waals surface area (Å²) in [5, 5.41) is 0.357. The summed E-state index contributed by atoms with van der Waals surface area (Å²) in [7, 11) is 0. The molecule has 2 aromatic carbocycles. The molecule has 0 heterocycles. The van der Waals surface area contributed by atoms with Gasteiger partial charge in [-0.05, 0) is 36.2 Å². The van der Waals surface area contributed by atoms with Crippen molar-refractivity contribution in [1.29, 1.82) is 0 Å². The van der Waals surface area contributed by atoms with E-state index >= 15 is 0 Å². The minimum Gasteiger partial charge on any atom is -0.298 e. The lowest BCUT2D eigenvalue weighted by atomic mass is 9.98. The first-order chi connectivity index (χ1) is 8.54. The van der Waals surface area contributed by atoms with Crippen LogP contribution in [0.15, 0.2) is 30.3 Å². The first-order valence-corrected chi connectivity index (χ1v) is 5.62. The molecular formula is C14H9ClF2O. The van der Waals surface area contributed by atoms with Crippen molar-refractivity contribution in [1.82, 2.24) is 0 Å². The van der Waals surface area contributed by atoms with Gasteiger partial charge in [0, 0.05) is 16.1 Å². The molecule has 0 aliphatic rings. The van der Waals surface area contributed by atoms with Crippen LogP contribution in [-0.2, 0) is 0 Å². The topological polar surface area (TPSA) is 17.1 Å². The van der Waals surface area contributed by atoms with Gasteiger partial charge in [0.2, 0.25) is 0 Å². The summed E-state index contributed by atoms with van der Waals surface area (Å²) in [6.07, 6.45) is 0.586. The summed E-state index contributed by atoms with van der Waals surface area (Å²) in [5.41, 5.74) is 0.795. The lowest BCUT2D eigenvalue weighted by Gasteiger charge is -2.09. The highest BCUT2D eigenvalue weighted by atomic mass is 35.5. The molecule has 0 amide bonds. The molecular weight excluding hydrogens is 258 g/mol. The summed E-state index contributed by atoms with van der Waals surface area (Å²) in [4.78, 5) is 10.9. The van der Waals surface area contributed by atoms with Gasteiger partial charge in [0.15, 0.2) is 17.9 Å². The van der Waals surface area contributed by atoms with E-state index in [2.05, 4.69) is 0 Å². The number of hydrogen-bond acceptors (Lipinski definition) is 1. The van der Waals surface area contributed by atoms with Crippen LogP contribution >= 0.6 is 11.6 Å². The summed E-state index contributed by atoms with van der Waals surface area (Å²) >= 11 is 5.81. The quantitative estimate of drug-likeness (QED) is 0.736. The monoisotopic (exact) mass is 266 g/mol. The zero-order chi connectivity index (χ0) is 13.3. The molecule has 0 spiro atoms. The van der Waals surface area contributed by atoms with Crippen molar-refractivity contribution in [2.24, 2.45) is 0 Å². The first kappa shape index (κ1) is 12.7.